The molecule has 0 aliphatic heterocycles. The fourth-order valence-electron chi connectivity index (χ4n) is 1.95. The zero-order valence-corrected chi connectivity index (χ0v) is 13.1. The smallest absolute Gasteiger partial charge is 0.323 e. The molecule has 0 spiro atoms. The Balaban J connectivity index is 1.87. The average Bonchev–Trinajstić information content (AvgIpc) is 2.92. The maximum absolute atomic E-state index is 11.9. The van der Waals surface area contributed by atoms with E-state index in [1.807, 2.05) is 6.07 Å². The Bertz CT molecular complexity index is 685. The number of benzene rings is 1. The molecule has 23 heavy (non-hydrogen) atoms. The van der Waals surface area contributed by atoms with Crippen LogP contribution >= 0.6 is 0 Å². The molecule has 1 heterocycles. The van der Waals surface area contributed by atoms with Gasteiger partial charge in [-0.25, -0.2) is 4.79 Å². The molecule has 0 atom stereocenters. The number of aromatic nitrogens is 2. The average molecular weight is 313 g/mol. The molecule has 0 saturated heterocycles. The number of carbonyl (C=O) groups is 1. The van der Waals surface area contributed by atoms with Crippen LogP contribution in [0.1, 0.15) is 13.8 Å². The van der Waals surface area contributed by atoms with Gasteiger partial charge in [0.25, 0.3) is 0 Å². The molecule has 0 fully saturated rings. The highest BCUT2D eigenvalue weighted by Gasteiger charge is 2.06. The lowest BCUT2D eigenvalue weighted by Gasteiger charge is -2.07. The monoisotopic (exact) mass is 313 g/mol. The minimum absolute atomic E-state index is 0.00632. The first-order valence-corrected chi connectivity index (χ1v) is 7.27. The van der Waals surface area contributed by atoms with Crippen molar-refractivity contribution in [1.29, 1.82) is 5.26 Å². The van der Waals surface area contributed by atoms with Gasteiger partial charge in [0.2, 0.25) is 0 Å². The quantitative estimate of drug-likeness (QED) is 0.857. The molecule has 2 N–H and O–H groups in total. The number of hydrogen-bond donors (Lipinski definition) is 2. The Kier molecular flexibility index (Phi) is 5.58. The minimum atomic E-state index is -0.347. The van der Waals surface area contributed by atoms with E-state index >= 15 is 0 Å². The lowest BCUT2D eigenvalue weighted by molar-refractivity contribution is 0.262. The zero-order chi connectivity index (χ0) is 16.7. The van der Waals surface area contributed by atoms with E-state index < -0.39 is 0 Å². The molecule has 0 aliphatic carbocycles. The van der Waals surface area contributed by atoms with E-state index in [9.17, 15) is 4.79 Å². The first kappa shape index (κ1) is 16.4. The van der Waals surface area contributed by atoms with Crippen molar-refractivity contribution in [1.82, 2.24) is 9.78 Å². The van der Waals surface area contributed by atoms with Gasteiger partial charge in [-0.05, 0) is 30.2 Å². The highest BCUT2D eigenvalue weighted by molar-refractivity contribution is 5.99. The largest absolute Gasteiger partial charge is 0.479 e. The van der Waals surface area contributed by atoms with Crippen LogP contribution < -0.4 is 15.4 Å². The maximum atomic E-state index is 11.9. The molecule has 2 aromatic rings. The first-order chi connectivity index (χ1) is 11.1. The summed E-state index contributed by atoms with van der Waals surface area (Å²) in [4.78, 5) is 11.9. The molecule has 7 heteroatoms. The van der Waals surface area contributed by atoms with E-state index in [1.165, 1.54) is 0 Å². The number of nitriles is 1. The third kappa shape index (κ3) is 5.36. The van der Waals surface area contributed by atoms with Gasteiger partial charge in [-0.2, -0.15) is 10.4 Å². The number of anilines is 2. The number of urea groups is 1. The summed E-state index contributed by atoms with van der Waals surface area (Å²) in [6, 6.07) is 8.33. The van der Waals surface area contributed by atoms with Gasteiger partial charge in [0.05, 0.1) is 11.9 Å². The molecule has 0 radical (unpaired) electrons. The molecule has 1 aromatic carbocycles. The van der Waals surface area contributed by atoms with Crippen molar-refractivity contribution in [3.05, 3.63) is 36.7 Å². The Morgan fingerprint density at radius 1 is 1.30 bits per heavy atom. The van der Waals surface area contributed by atoms with Crippen molar-refractivity contribution in [3.63, 3.8) is 0 Å². The molecule has 0 bridgehead atoms. The van der Waals surface area contributed by atoms with E-state index in [-0.39, 0.29) is 12.6 Å². The minimum Gasteiger partial charge on any atom is -0.479 e. The van der Waals surface area contributed by atoms with Crippen LogP contribution in [0.5, 0.6) is 5.75 Å². The molecule has 1 aromatic heterocycles. The second-order valence-corrected chi connectivity index (χ2v) is 5.40. The van der Waals surface area contributed by atoms with Crippen LogP contribution in [0.15, 0.2) is 36.7 Å². The van der Waals surface area contributed by atoms with E-state index in [0.29, 0.717) is 23.0 Å². The number of amides is 2. The van der Waals surface area contributed by atoms with Crippen molar-refractivity contribution < 1.29 is 9.53 Å². The van der Waals surface area contributed by atoms with Crippen LogP contribution in [-0.2, 0) is 6.54 Å². The SMILES string of the molecule is CC(C)Cn1cc(NC(=O)Nc2ccc(OCC#N)cc2)cn1. The molecule has 0 unspecified atom stereocenters. The molecule has 7 nitrogen and oxygen atoms in total. The fourth-order valence-corrected chi connectivity index (χ4v) is 1.95. The molecule has 0 saturated carbocycles. The summed E-state index contributed by atoms with van der Waals surface area (Å²) in [5.41, 5.74) is 1.26. The third-order valence-corrected chi connectivity index (χ3v) is 2.86. The highest BCUT2D eigenvalue weighted by atomic mass is 16.5. The summed E-state index contributed by atoms with van der Waals surface area (Å²) < 4.78 is 6.94. The summed E-state index contributed by atoms with van der Waals surface area (Å²) in [5, 5.41) is 18.1. The van der Waals surface area contributed by atoms with E-state index in [2.05, 4.69) is 29.6 Å². The summed E-state index contributed by atoms with van der Waals surface area (Å²) in [5.74, 6) is 1.06. The van der Waals surface area contributed by atoms with Crippen LogP contribution in [-0.4, -0.2) is 22.4 Å². The highest BCUT2D eigenvalue weighted by Crippen LogP contribution is 2.16. The Hall–Kier alpha value is -3.01. The summed E-state index contributed by atoms with van der Waals surface area (Å²) in [6.45, 7) is 5.00. The third-order valence-electron chi connectivity index (χ3n) is 2.86. The van der Waals surface area contributed by atoms with Gasteiger partial charge >= 0.3 is 6.03 Å². The molecular weight excluding hydrogens is 294 g/mol. The maximum Gasteiger partial charge on any atom is 0.323 e. The van der Waals surface area contributed by atoms with E-state index in [4.69, 9.17) is 10.00 Å². The summed E-state index contributed by atoms with van der Waals surface area (Å²) >= 11 is 0. The second-order valence-electron chi connectivity index (χ2n) is 5.40. The second kappa shape index (κ2) is 7.84. The van der Waals surface area contributed by atoms with Gasteiger partial charge in [0, 0.05) is 18.4 Å². The van der Waals surface area contributed by atoms with Gasteiger partial charge in [-0.3, -0.25) is 4.68 Å². The molecular formula is C16H19N5O2. The summed E-state index contributed by atoms with van der Waals surface area (Å²) in [6.07, 6.45) is 3.40. The topological polar surface area (TPSA) is 92.0 Å². The molecule has 120 valence electrons. The van der Waals surface area contributed by atoms with E-state index in [1.54, 1.807) is 41.3 Å². The normalized spacial score (nSPS) is 10.2. The zero-order valence-electron chi connectivity index (χ0n) is 13.1. The fraction of sp³-hybridized carbons (Fsp3) is 0.312. The van der Waals surface area contributed by atoms with Crippen LogP contribution in [0.3, 0.4) is 0 Å². The number of ether oxygens (including phenoxy) is 1. The number of nitrogens with zero attached hydrogens (tertiary/aromatic N) is 3. The number of carbonyl (C=O) groups excluding carboxylic acids is 1. The molecule has 2 rings (SSSR count). The van der Waals surface area contributed by atoms with Crippen molar-refractivity contribution in [3.8, 4) is 11.8 Å². The number of rotatable bonds is 6. The number of hydrogen-bond acceptors (Lipinski definition) is 4. The predicted molar refractivity (Wildman–Crippen MR) is 87.3 cm³/mol. The summed E-state index contributed by atoms with van der Waals surface area (Å²) in [7, 11) is 0. The Morgan fingerprint density at radius 3 is 2.65 bits per heavy atom. The van der Waals surface area contributed by atoms with Gasteiger partial charge in [0.15, 0.2) is 6.61 Å². The first-order valence-electron chi connectivity index (χ1n) is 7.27. The standard InChI is InChI=1S/C16H19N5O2/c1-12(2)10-21-11-14(9-18-21)20-16(22)19-13-3-5-15(6-4-13)23-8-7-17/h3-6,9,11-12H,8,10H2,1-2H3,(H2,19,20,22). The predicted octanol–water partition coefficient (Wildman–Crippen LogP) is 3.09. The van der Waals surface area contributed by atoms with Gasteiger partial charge < -0.3 is 15.4 Å². The van der Waals surface area contributed by atoms with Crippen LogP contribution in [0.4, 0.5) is 16.2 Å². The van der Waals surface area contributed by atoms with Crippen molar-refractivity contribution in [2.24, 2.45) is 5.92 Å². The van der Waals surface area contributed by atoms with Crippen LogP contribution in [0, 0.1) is 17.2 Å². The van der Waals surface area contributed by atoms with Crippen LogP contribution in [0.25, 0.3) is 0 Å². The van der Waals surface area contributed by atoms with Crippen molar-refractivity contribution >= 4 is 17.4 Å². The van der Waals surface area contributed by atoms with E-state index in [0.717, 1.165) is 6.54 Å². The van der Waals surface area contributed by atoms with Gasteiger partial charge in [0.1, 0.15) is 11.8 Å². The Morgan fingerprint density at radius 2 is 2.00 bits per heavy atom. The van der Waals surface area contributed by atoms with Crippen LogP contribution in [0.2, 0.25) is 0 Å². The van der Waals surface area contributed by atoms with Gasteiger partial charge in [-0.1, -0.05) is 13.8 Å². The van der Waals surface area contributed by atoms with Gasteiger partial charge in [-0.15, -0.1) is 0 Å². The number of nitrogens with one attached hydrogen (secondary N) is 2. The lowest BCUT2D eigenvalue weighted by atomic mass is 10.2. The lowest BCUT2D eigenvalue weighted by Crippen LogP contribution is -2.19. The van der Waals surface area contributed by atoms with Crippen molar-refractivity contribution in [2.75, 3.05) is 17.2 Å². The Labute approximate surface area is 134 Å². The molecule has 2 amide bonds. The molecule has 0 aliphatic rings. The van der Waals surface area contributed by atoms with Crippen molar-refractivity contribution in [2.45, 2.75) is 20.4 Å².